The summed E-state index contributed by atoms with van der Waals surface area (Å²) in [6.45, 7) is 0. The van der Waals surface area contributed by atoms with E-state index >= 15 is 0 Å². The van der Waals surface area contributed by atoms with Gasteiger partial charge in [0.15, 0.2) is 0 Å². The highest BCUT2D eigenvalue weighted by molar-refractivity contribution is 9.10. The molecule has 1 aromatic rings. The van der Waals surface area contributed by atoms with Gasteiger partial charge in [-0.05, 0) is 48.9 Å². The first-order chi connectivity index (χ1) is 9.82. The molecule has 7 heteroatoms. The van der Waals surface area contributed by atoms with Crippen LogP contribution in [0.1, 0.15) is 37.3 Å². The average molecular weight is 379 g/mol. The molecule has 21 heavy (non-hydrogen) atoms. The summed E-state index contributed by atoms with van der Waals surface area (Å²) >= 11 is 3.41. The molecule has 1 aliphatic carbocycles. The van der Waals surface area contributed by atoms with Gasteiger partial charge in [0.25, 0.3) is 0 Å². The Morgan fingerprint density at radius 2 is 2.14 bits per heavy atom. The molecule has 3 unspecified atom stereocenters. The zero-order valence-electron chi connectivity index (χ0n) is 11.9. The number of hydrogen-bond acceptors (Lipinski definition) is 4. The van der Waals surface area contributed by atoms with E-state index in [-0.39, 0.29) is 23.0 Å². The fourth-order valence-corrected chi connectivity index (χ4v) is 4.79. The molecule has 1 aliphatic rings. The van der Waals surface area contributed by atoms with Gasteiger partial charge in [0.05, 0.1) is 11.3 Å². The second kappa shape index (κ2) is 6.73. The molecule has 1 aromatic carbocycles. The molecule has 0 aromatic heterocycles. The van der Waals surface area contributed by atoms with Crippen LogP contribution in [0, 0.1) is 11.7 Å². The van der Waals surface area contributed by atoms with Gasteiger partial charge in [-0.25, -0.2) is 12.8 Å². The number of benzene rings is 1. The highest BCUT2D eigenvalue weighted by Gasteiger charge is 2.34. The monoisotopic (exact) mass is 378 g/mol. The van der Waals surface area contributed by atoms with Crippen LogP contribution in [0.2, 0.25) is 0 Å². The Bertz CT molecular complexity index is 609. The van der Waals surface area contributed by atoms with E-state index in [9.17, 15) is 12.8 Å². The number of nitrogens with one attached hydrogen (secondary N) is 1. The number of hydrazine groups is 1. The third-order valence-electron chi connectivity index (χ3n) is 4.22. The summed E-state index contributed by atoms with van der Waals surface area (Å²) in [6.07, 6.45) is 4.24. The number of sulfone groups is 1. The van der Waals surface area contributed by atoms with Gasteiger partial charge in [-0.15, -0.1) is 0 Å². The summed E-state index contributed by atoms with van der Waals surface area (Å²) in [6, 6.07) is 4.20. The highest BCUT2D eigenvalue weighted by atomic mass is 79.9. The molecule has 1 fully saturated rings. The molecule has 0 amide bonds. The predicted molar refractivity (Wildman–Crippen MR) is 84.8 cm³/mol. The lowest BCUT2D eigenvalue weighted by Crippen LogP contribution is -2.38. The minimum absolute atomic E-state index is 0.0709. The van der Waals surface area contributed by atoms with Crippen molar-refractivity contribution < 1.29 is 12.8 Å². The molecular formula is C14H20BrFN2O2S. The molecule has 3 N–H and O–H groups in total. The van der Waals surface area contributed by atoms with Gasteiger partial charge in [-0.2, -0.15) is 0 Å². The minimum Gasteiger partial charge on any atom is -0.271 e. The van der Waals surface area contributed by atoms with E-state index in [0.717, 1.165) is 22.9 Å². The molecule has 1 saturated carbocycles. The average Bonchev–Trinajstić information content (AvgIpc) is 2.43. The van der Waals surface area contributed by atoms with Crippen LogP contribution in [0.3, 0.4) is 0 Å². The van der Waals surface area contributed by atoms with E-state index in [1.165, 1.54) is 18.4 Å². The normalized spacial score (nSPS) is 24.8. The van der Waals surface area contributed by atoms with Gasteiger partial charge in [0, 0.05) is 10.7 Å². The first-order valence-electron chi connectivity index (χ1n) is 6.93. The summed E-state index contributed by atoms with van der Waals surface area (Å²) in [5, 5.41) is -0.334. The van der Waals surface area contributed by atoms with Crippen molar-refractivity contribution in [2.24, 2.45) is 11.8 Å². The second-order valence-electron chi connectivity index (χ2n) is 5.69. The van der Waals surface area contributed by atoms with E-state index in [2.05, 4.69) is 21.4 Å². The molecule has 0 spiro atoms. The largest absolute Gasteiger partial charge is 0.271 e. The Labute approximate surface area is 133 Å². The van der Waals surface area contributed by atoms with Gasteiger partial charge in [0.1, 0.15) is 15.7 Å². The SMILES string of the molecule is CS(=O)(=O)C1CCCC(C(NN)c2cc(F)ccc2Br)C1. The molecule has 3 atom stereocenters. The molecule has 0 bridgehead atoms. The summed E-state index contributed by atoms with van der Waals surface area (Å²) in [5.74, 6) is 5.41. The Balaban J connectivity index is 2.27. The molecule has 0 radical (unpaired) electrons. The van der Waals surface area contributed by atoms with E-state index < -0.39 is 9.84 Å². The van der Waals surface area contributed by atoms with Gasteiger partial charge in [-0.1, -0.05) is 22.4 Å². The molecular weight excluding hydrogens is 359 g/mol. The van der Waals surface area contributed by atoms with Crippen molar-refractivity contribution in [2.75, 3.05) is 6.26 Å². The van der Waals surface area contributed by atoms with Crippen LogP contribution in [0.25, 0.3) is 0 Å². The lowest BCUT2D eigenvalue weighted by Gasteiger charge is -2.34. The Kier molecular flexibility index (Phi) is 5.40. The molecule has 0 aliphatic heterocycles. The van der Waals surface area contributed by atoms with Gasteiger partial charge in [-0.3, -0.25) is 11.3 Å². The molecule has 0 heterocycles. The van der Waals surface area contributed by atoms with Gasteiger partial charge < -0.3 is 0 Å². The van der Waals surface area contributed by atoms with Crippen molar-refractivity contribution in [3.63, 3.8) is 0 Å². The lowest BCUT2D eigenvalue weighted by molar-refractivity contribution is 0.273. The molecule has 2 rings (SSSR count). The predicted octanol–water partition coefficient (Wildman–Crippen LogP) is 2.70. The number of halogens is 2. The maximum absolute atomic E-state index is 13.5. The van der Waals surface area contributed by atoms with Crippen molar-refractivity contribution in [1.29, 1.82) is 0 Å². The first-order valence-corrected chi connectivity index (χ1v) is 9.67. The number of nitrogens with two attached hydrogens (primary N) is 1. The van der Waals surface area contributed by atoms with Gasteiger partial charge >= 0.3 is 0 Å². The molecule has 118 valence electrons. The van der Waals surface area contributed by atoms with Crippen LogP contribution in [-0.2, 0) is 9.84 Å². The fraction of sp³-hybridized carbons (Fsp3) is 0.571. The van der Waals surface area contributed by atoms with Crippen LogP contribution < -0.4 is 11.3 Å². The van der Waals surface area contributed by atoms with E-state index in [0.29, 0.717) is 12.8 Å². The number of hydrogen-bond donors (Lipinski definition) is 2. The van der Waals surface area contributed by atoms with E-state index in [4.69, 9.17) is 5.84 Å². The van der Waals surface area contributed by atoms with Crippen molar-refractivity contribution in [3.05, 3.63) is 34.1 Å². The second-order valence-corrected chi connectivity index (χ2v) is 8.87. The topological polar surface area (TPSA) is 72.2 Å². The third-order valence-corrected chi connectivity index (χ3v) is 6.58. The quantitative estimate of drug-likeness (QED) is 0.623. The summed E-state index contributed by atoms with van der Waals surface area (Å²) in [4.78, 5) is 0. The smallest absolute Gasteiger partial charge is 0.150 e. The first kappa shape index (κ1) is 16.9. The molecule has 4 nitrogen and oxygen atoms in total. The van der Waals surface area contributed by atoms with Crippen LogP contribution in [0.4, 0.5) is 4.39 Å². The highest BCUT2D eigenvalue weighted by Crippen LogP contribution is 2.38. The van der Waals surface area contributed by atoms with E-state index in [1.807, 2.05) is 0 Å². The van der Waals surface area contributed by atoms with Crippen LogP contribution in [0.5, 0.6) is 0 Å². The summed E-state index contributed by atoms with van der Waals surface area (Å²) in [5.41, 5.74) is 3.47. The van der Waals surface area contributed by atoms with Crippen LogP contribution in [-0.4, -0.2) is 19.9 Å². The maximum Gasteiger partial charge on any atom is 0.150 e. The van der Waals surface area contributed by atoms with Crippen molar-refractivity contribution in [3.8, 4) is 0 Å². The fourth-order valence-electron chi connectivity index (χ4n) is 3.11. The Hall–Kier alpha value is -0.500. The summed E-state index contributed by atoms with van der Waals surface area (Å²) in [7, 11) is -3.06. The van der Waals surface area contributed by atoms with Crippen LogP contribution >= 0.6 is 15.9 Å². The van der Waals surface area contributed by atoms with E-state index in [1.54, 1.807) is 6.07 Å². The minimum atomic E-state index is -3.06. The lowest BCUT2D eigenvalue weighted by atomic mass is 9.81. The van der Waals surface area contributed by atoms with Crippen molar-refractivity contribution in [1.82, 2.24) is 5.43 Å². The van der Waals surface area contributed by atoms with Crippen molar-refractivity contribution in [2.45, 2.75) is 37.0 Å². The zero-order chi connectivity index (χ0) is 15.6. The van der Waals surface area contributed by atoms with Crippen LogP contribution in [0.15, 0.2) is 22.7 Å². The summed E-state index contributed by atoms with van der Waals surface area (Å²) < 4.78 is 37.8. The maximum atomic E-state index is 13.5. The standard InChI is InChI=1S/C14H20BrFN2O2S/c1-21(19,20)11-4-2-3-9(7-11)14(18-17)12-8-10(16)5-6-13(12)15/h5-6,8-9,11,14,18H,2-4,7,17H2,1H3. The number of rotatable bonds is 4. The molecule has 0 saturated heterocycles. The Morgan fingerprint density at radius 3 is 2.76 bits per heavy atom. The third kappa shape index (κ3) is 4.03. The Morgan fingerprint density at radius 1 is 1.43 bits per heavy atom. The zero-order valence-corrected chi connectivity index (χ0v) is 14.3. The van der Waals surface area contributed by atoms with Gasteiger partial charge in [0.2, 0.25) is 0 Å². The van der Waals surface area contributed by atoms with Crippen molar-refractivity contribution >= 4 is 25.8 Å².